The number of nitrogens with two attached hydrogens (primary N) is 1. The zero-order valence-electron chi connectivity index (χ0n) is 8.35. The molecule has 8 nitrogen and oxygen atoms in total. The van der Waals surface area contributed by atoms with Crippen LogP contribution in [0, 0.1) is 0 Å². The summed E-state index contributed by atoms with van der Waals surface area (Å²) in [6, 6.07) is 0. The van der Waals surface area contributed by atoms with Crippen LogP contribution in [0.15, 0.2) is 17.4 Å². The van der Waals surface area contributed by atoms with Gasteiger partial charge in [0.1, 0.15) is 25.0 Å². The molecule has 0 saturated carbocycles. The third-order valence-electron chi connectivity index (χ3n) is 2.55. The second-order valence-electron chi connectivity index (χ2n) is 3.64. The van der Waals surface area contributed by atoms with E-state index in [1.54, 1.807) is 0 Å². The second-order valence-corrected chi connectivity index (χ2v) is 3.64. The molecule has 0 amide bonds. The van der Waals surface area contributed by atoms with Crippen molar-refractivity contribution in [2.24, 2.45) is 5.73 Å². The monoisotopic (exact) mass is 228 g/mol. The van der Waals surface area contributed by atoms with E-state index >= 15 is 0 Å². The first-order valence-electron chi connectivity index (χ1n) is 4.70. The summed E-state index contributed by atoms with van der Waals surface area (Å²) in [7, 11) is 0. The average Bonchev–Trinajstić information content (AvgIpc) is 2.57. The quantitative estimate of drug-likeness (QED) is 0.514. The van der Waals surface area contributed by atoms with Crippen molar-refractivity contribution in [1.29, 1.82) is 0 Å². The van der Waals surface area contributed by atoms with Crippen LogP contribution in [-0.2, 0) is 4.74 Å². The van der Waals surface area contributed by atoms with Gasteiger partial charge in [0.05, 0.1) is 6.61 Å². The fourth-order valence-corrected chi connectivity index (χ4v) is 1.58. The largest absolute Gasteiger partial charge is 0.392 e. The molecule has 16 heavy (non-hydrogen) atoms. The maximum absolute atomic E-state index is 11.4. The van der Waals surface area contributed by atoms with E-state index in [9.17, 15) is 9.90 Å². The van der Waals surface area contributed by atoms with Gasteiger partial charge in [0, 0.05) is 6.42 Å². The van der Waals surface area contributed by atoms with Crippen molar-refractivity contribution in [2.75, 3.05) is 6.61 Å². The Hall–Kier alpha value is -1.35. The molecule has 8 heteroatoms. The minimum atomic E-state index is -1.54. The third kappa shape index (κ3) is 1.71. The first-order chi connectivity index (χ1) is 7.57. The molecule has 1 fully saturated rings. The summed E-state index contributed by atoms with van der Waals surface area (Å²) in [5.74, 6) is 0. The molecule has 4 N–H and O–H groups in total. The number of nitrogens with zero attached hydrogens (tertiary/aromatic N) is 3. The smallest absolute Gasteiger partial charge is 0.352 e. The second kappa shape index (κ2) is 3.91. The van der Waals surface area contributed by atoms with Gasteiger partial charge in [-0.05, 0) is 0 Å². The summed E-state index contributed by atoms with van der Waals surface area (Å²) in [5.41, 5.74) is 3.51. The van der Waals surface area contributed by atoms with Gasteiger partial charge in [0.15, 0.2) is 5.72 Å². The minimum absolute atomic E-state index is 0.102. The molecule has 88 valence electrons. The van der Waals surface area contributed by atoms with Gasteiger partial charge < -0.3 is 14.9 Å². The molecule has 1 aliphatic heterocycles. The van der Waals surface area contributed by atoms with Gasteiger partial charge >= 0.3 is 5.69 Å². The molecular weight excluding hydrogens is 216 g/mol. The van der Waals surface area contributed by atoms with E-state index in [1.807, 2.05) is 0 Å². The number of hydrogen-bond acceptors (Lipinski definition) is 7. The molecule has 0 radical (unpaired) electrons. The third-order valence-corrected chi connectivity index (χ3v) is 2.55. The number of aliphatic hydroxyl groups excluding tert-OH is 2. The fraction of sp³-hybridized carbons (Fsp3) is 0.625. The van der Waals surface area contributed by atoms with Crippen molar-refractivity contribution >= 4 is 0 Å². The SMILES string of the molecule is N[C@]1(CO)O[C@H](n2cncnc2=O)C[C@@H]1O. The Labute approximate surface area is 90.3 Å². The maximum atomic E-state index is 11.4. The van der Waals surface area contributed by atoms with Gasteiger partial charge in [-0.15, -0.1) is 0 Å². The van der Waals surface area contributed by atoms with Crippen LogP contribution in [0.1, 0.15) is 12.6 Å². The zero-order chi connectivity index (χ0) is 11.8. The van der Waals surface area contributed by atoms with E-state index in [-0.39, 0.29) is 6.42 Å². The number of aromatic nitrogens is 3. The highest BCUT2D eigenvalue weighted by atomic mass is 16.6. The summed E-state index contributed by atoms with van der Waals surface area (Å²) < 4.78 is 6.36. The van der Waals surface area contributed by atoms with Crippen LogP contribution >= 0.6 is 0 Å². The van der Waals surface area contributed by atoms with Crippen molar-refractivity contribution < 1.29 is 14.9 Å². The van der Waals surface area contributed by atoms with Crippen LogP contribution in [0.5, 0.6) is 0 Å². The molecular formula is C8H12N4O4. The van der Waals surface area contributed by atoms with Gasteiger partial charge in [-0.25, -0.2) is 9.78 Å². The summed E-state index contributed by atoms with van der Waals surface area (Å²) in [4.78, 5) is 18.5. The van der Waals surface area contributed by atoms with Crippen molar-refractivity contribution in [1.82, 2.24) is 14.5 Å². The van der Waals surface area contributed by atoms with E-state index < -0.39 is 30.4 Å². The molecule has 0 aromatic carbocycles. The van der Waals surface area contributed by atoms with Crippen LogP contribution < -0.4 is 11.4 Å². The number of rotatable bonds is 2. The van der Waals surface area contributed by atoms with Crippen molar-refractivity contribution in [2.45, 2.75) is 24.5 Å². The summed E-state index contributed by atoms with van der Waals surface area (Å²) in [5, 5.41) is 18.6. The van der Waals surface area contributed by atoms with Crippen molar-refractivity contribution in [3.63, 3.8) is 0 Å². The van der Waals surface area contributed by atoms with Crippen LogP contribution in [0.3, 0.4) is 0 Å². The lowest BCUT2D eigenvalue weighted by Crippen LogP contribution is -2.51. The lowest BCUT2D eigenvalue weighted by Gasteiger charge is -2.24. The fourth-order valence-electron chi connectivity index (χ4n) is 1.58. The van der Waals surface area contributed by atoms with E-state index in [0.29, 0.717) is 0 Å². The Kier molecular flexibility index (Phi) is 2.72. The highest BCUT2D eigenvalue weighted by Crippen LogP contribution is 2.31. The average molecular weight is 228 g/mol. The lowest BCUT2D eigenvalue weighted by atomic mass is 10.1. The molecule has 1 saturated heterocycles. The van der Waals surface area contributed by atoms with Crippen LogP contribution in [-0.4, -0.2) is 43.2 Å². The summed E-state index contributed by atoms with van der Waals surface area (Å²) in [6.45, 7) is -0.535. The predicted molar refractivity (Wildman–Crippen MR) is 51.0 cm³/mol. The Balaban J connectivity index is 2.27. The molecule has 1 aliphatic rings. The maximum Gasteiger partial charge on any atom is 0.352 e. The molecule has 0 spiro atoms. The molecule has 2 heterocycles. The van der Waals surface area contributed by atoms with Crippen molar-refractivity contribution in [3.05, 3.63) is 23.1 Å². The summed E-state index contributed by atoms with van der Waals surface area (Å²) in [6.07, 6.45) is 0.655. The highest BCUT2D eigenvalue weighted by molar-refractivity contribution is 4.91. The molecule has 2 rings (SSSR count). The lowest BCUT2D eigenvalue weighted by molar-refractivity contribution is -0.125. The van der Waals surface area contributed by atoms with Crippen LogP contribution in [0.2, 0.25) is 0 Å². The van der Waals surface area contributed by atoms with Gasteiger partial charge in [-0.3, -0.25) is 10.3 Å². The number of hydrogen-bond donors (Lipinski definition) is 3. The van der Waals surface area contributed by atoms with E-state index in [2.05, 4.69) is 9.97 Å². The zero-order valence-corrected chi connectivity index (χ0v) is 8.35. The molecule has 0 unspecified atom stereocenters. The van der Waals surface area contributed by atoms with Crippen molar-refractivity contribution in [3.8, 4) is 0 Å². The topological polar surface area (TPSA) is 123 Å². The Morgan fingerprint density at radius 1 is 1.75 bits per heavy atom. The minimum Gasteiger partial charge on any atom is -0.392 e. The van der Waals surface area contributed by atoms with Gasteiger partial charge in [-0.2, -0.15) is 4.98 Å². The van der Waals surface area contributed by atoms with Gasteiger partial charge in [0.25, 0.3) is 0 Å². The normalized spacial score (nSPS) is 34.2. The van der Waals surface area contributed by atoms with E-state index in [1.165, 1.54) is 6.33 Å². The van der Waals surface area contributed by atoms with Gasteiger partial charge in [-0.1, -0.05) is 0 Å². The Bertz CT molecular complexity index is 436. The van der Waals surface area contributed by atoms with Gasteiger partial charge in [0.2, 0.25) is 0 Å². The van der Waals surface area contributed by atoms with E-state index in [4.69, 9.17) is 15.6 Å². The molecule has 0 aliphatic carbocycles. The Morgan fingerprint density at radius 3 is 3.06 bits per heavy atom. The number of ether oxygens (including phenoxy) is 1. The first-order valence-corrected chi connectivity index (χ1v) is 4.70. The number of aliphatic hydroxyl groups is 2. The molecule has 1 aromatic rings. The van der Waals surface area contributed by atoms with E-state index in [0.717, 1.165) is 10.9 Å². The standard InChI is InChI=1S/C8H12N4O4/c9-8(2-13)5(14)1-6(16-8)12-4-10-3-11-7(12)15/h3-6,13-14H,1-2,9H2/t5-,6-,8+/m0/s1. The highest BCUT2D eigenvalue weighted by Gasteiger charge is 2.45. The van der Waals surface area contributed by atoms with Crippen LogP contribution in [0.4, 0.5) is 0 Å². The van der Waals surface area contributed by atoms with Crippen LogP contribution in [0.25, 0.3) is 0 Å². The first kappa shape index (κ1) is 11.1. The molecule has 0 bridgehead atoms. The summed E-state index contributed by atoms with van der Waals surface area (Å²) >= 11 is 0. The molecule has 3 atom stereocenters. The predicted octanol–water partition coefficient (Wildman–Crippen LogP) is -2.43. The molecule has 1 aromatic heterocycles. The Morgan fingerprint density at radius 2 is 2.50 bits per heavy atom.